The smallest absolute Gasteiger partial charge is 0.236 e. The van der Waals surface area contributed by atoms with E-state index in [0.29, 0.717) is 13.0 Å². The molecule has 1 unspecified atom stereocenters. The monoisotopic (exact) mass is 271 g/mol. The van der Waals surface area contributed by atoms with Crippen LogP contribution in [0.5, 0.6) is 0 Å². The molecule has 0 fully saturated rings. The molecular formula is C14H29N3O2. The molecule has 1 atom stereocenters. The van der Waals surface area contributed by atoms with Gasteiger partial charge in [-0.2, -0.15) is 0 Å². The molecule has 0 heterocycles. The number of nitrogens with one attached hydrogen (secondary N) is 2. The molecule has 0 aliphatic carbocycles. The van der Waals surface area contributed by atoms with Crippen LogP contribution in [0.1, 0.15) is 47.0 Å². The third-order valence-electron chi connectivity index (χ3n) is 3.13. The molecule has 112 valence electrons. The van der Waals surface area contributed by atoms with E-state index in [0.717, 1.165) is 32.5 Å². The predicted molar refractivity (Wildman–Crippen MR) is 77.9 cm³/mol. The zero-order valence-electron chi connectivity index (χ0n) is 12.8. The van der Waals surface area contributed by atoms with Gasteiger partial charge in [-0.3, -0.25) is 9.59 Å². The van der Waals surface area contributed by atoms with E-state index < -0.39 is 0 Å². The predicted octanol–water partition coefficient (Wildman–Crippen LogP) is 1.14. The van der Waals surface area contributed by atoms with Crippen LogP contribution < -0.4 is 10.6 Å². The molecule has 0 saturated carbocycles. The van der Waals surface area contributed by atoms with Crippen LogP contribution in [-0.4, -0.2) is 48.9 Å². The van der Waals surface area contributed by atoms with Gasteiger partial charge in [0.25, 0.3) is 0 Å². The fourth-order valence-electron chi connectivity index (χ4n) is 1.76. The molecule has 5 heteroatoms. The number of amides is 2. The summed E-state index contributed by atoms with van der Waals surface area (Å²) in [5, 5.41) is 5.95. The van der Waals surface area contributed by atoms with Crippen LogP contribution in [0, 0.1) is 0 Å². The molecule has 0 aromatic rings. The Kier molecular flexibility index (Phi) is 10.2. The van der Waals surface area contributed by atoms with Gasteiger partial charge >= 0.3 is 0 Å². The van der Waals surface area contributed by atoms with Crippen LogP contribution in [0.2, 0.25) is 0 Å². The lowest BCUT2D eigenvalue weighted by molar-refractivity contribution is -0.131. The van der Waals surface area contributed by atoms with E-state index in [-0.39, 0.29) is 17.9 Å². The number of carbonyl (C=O) groups is 2. The van der Waals surface area contributed by atoms with Crippen LogP contribution in [0.25, 0.3) is 0 Å². The summed E-state index contributed by atoms with van der Waals surface area (Å²) in [7, 11) is 0. The third kappa shape index (κ3) is 7.82. The summed E-state index contributed by atoms with van der Waals surface area (Å²) >= 11 is 0. The molecule has 0 aliphatic heterocycles. The molecule has 0 spiro atoms. The maximum absolute atomic E-state index is 11.8. The van der Waals surface area contributed by atoms with Crippen molar-refractivity contribution in [3.63, 3.8) is 0 Å². The van der Waals surface area contributed by atoms with Gasteiger partial charge < -0.3 is 15.5 Å². The fourth-order valence-corrected chi connectivity index (χ4v) is 1.76. The van der Waals surface area contributed by atoms with E-state index in [1.807, 2.05) is 20.8 Å². The van der Waals surface area contributed by atoms with Gasteiger partial charge in [-0.25, -0.2) is 0 Å². The van der Waals surface area contributed by atoms with Crippen LogP contribution >= 0.6 is 0 Å². The van der Waals surface area contributed by atoms with Crippen molar-refractivity contribution in [1.29, 1.82) is 0 Å². The maximum atomic E-state index is 11.8. The summed E-state index contributed by atoms with van der Waals surface area (Å²) in [6.45, 7) is 10.6. The Morgan fingerprint density at radius 2 is 1.74 bits per heavy atom. The minimum atomic E-state index is -0.249. The van der Waals surface area contributed by atoms with E-state index in [1.54, 1.807) is 4.90 Å². The Bertz CT molecular complexity index is 265. The quantitative estimate of drug-likeness (QED) is 0.586. The second-order valence-corrected chi connectivity index (χ2v) is 4.64. The maximum Gasteiger partial charge on any atom is 0.236 e. The molecule has 2 amide bonds. The van der Waals surface area contributed by atoms with E-state index in [4.69, 9.17) is 0 Å². The van der Waals surface area contributed by atoms with Crippen LogP contribution in [0.15, 0.2) is 0 Å². The summed E-state index contributed by atoms with van der Waals surface area (Å²) in [4.78, 5) is 25.2. The van der Waals surface area contributed by atoms with E-state index in [2.05, 4.69) is 17.6 Å². The third-order valence-corrected chi connectivity index (χ3v) is 3.13. The number of carbonyl (C=O) groups excluding carboxylic acids is 2. The van der Waals surface area contributed by atoms with E-state index in [1.165, 1.54) is 0 Å². The van der Waals surface area contributed by atoms with Crippen molar-refractivity contribution in [3.8, 4) is 0 Å². The molecule has 0 saturated heterocycles. The van der Waals surface area contributed by atoms with Gasteiger partial charge in [0, 0.05) is 32.6 Å². The van der Waals surface area contributed by atoms with Gasteiger partial charge in [0.1, 0.15) is 0 Å². The average Bonchev–Trinajstić information content (AvgIpc) is 2.40. The van der Waals surface area contributed by atoms with Gasteiger partial charge in [0.05, 0.1) is 6.04 Å². The summed E-state index contributed by atoms with van der Waals surface area (Å²) < 4.78 is 0. The van der Waals surface area contributed by atoms with Crippen molar-refractivity contribution in [2.24, 2.45) is 0 Å². The standard InChI is InChI=1S/C14H29N3O2/c1-5-8-10-16-14(19)12(4)15-11-9-13(18)17(6-2)7-3/h12,15H,5-11H2,1-4H3,(H,16,19). The highest BCUT2D eigenvalue weighted by Gasteiger charge is 2.13. The highest BCUT2D eigenvalue weighted by atomic mass is 16.2. The summed E-state index contributed by atoms with van der Waals surface area (Å²) in [5.74, 6) is 0.139. The minimum absolute atomic E-state index is 0.00346. The van der Waals surface area contributed by atoms with Crippen LogP contribution in [0.4, 0.5) is 0 Å². The van der Waals surface area contributed by atoms with Crippen LogP contribution in [0.3, 0.4) is 0 Å². The molecule has 0 aliphatic rings. The van der Waals surface area contributed by atoms with E-state index in [9.17, 15) is 9.59 Å². The van der Waals surface area contributed by atoms with Crippen LogP contribution in [-0.2, 0) is 9.59 Å². The molecule has 0 radical (unpaired) electrons. The fraction of sp³-hybridized carbons (Fsp3) is 0.857. The molecule has 0 aromatic carbocycles. The molecule has 0 rings (SSSR count). The second kappa shape index (κ2) is 10.8. The number of rotatable bonds is 10. The number of nitrogens with zero attached hydrogens (tertiary/aromatic N) is 1. The first-order valence-electron chi connectivity index (χ1n) is 7.35. The van der Waals surface area contributed by atoms with Crippen molar-refractivity contribution < 1.29 is 9.59 Å². The lowest BCUT2D eigenvalue weighted by Crippen LogP contribution is -2.43. The molecular weight excluding hydrogens is 242 g/mol. The molecule has 2 N–H and O–H groups in total. The first-order valence-corrected chi connectivity index (χ1v) is 7.35. The lowest BCUT2D eigenvalue weighted by Gasteiger charge is -2.19. The Morgan fingerprint density at radius 3 is 2.26 bits per heavy atom. The first kappa shape index (κ1) is 17.9. The number of hydrogen-bond donors (Lipinski definition) is 2. The molecule has 0 bridgehead atoms. The molecule has 0 aromatic heterocycles. The van der Waals surface area contributed by atoms with Crippen molar-refractivity contribution in [3.05, 3.63) is 0 Å². The first-order chi connectivity index (χ1) is 9.06. The van der Waals surface area contributed by atoms with Crippen molar-refractivity contribution >= 4 is 11.8 Å². The Hall–Kier alpha value is -1.10. The summed E-state index contributed by atoms with van der Waals surface area (Å²) in [6, 6.07) is -0.249. The molecule has 19 heavy (non-hydrogen) atoms. The zero-order chi connectivity index (χ0) is 14.7. The van der Waals surface area contributed by atoms with Gasteiger partial charge in [-0.15, -0.1) is 0 Å². The Morgan fingerprint density at radius 1 is 1.11 bits per heavy atom. The minimum Gasteiger partial charge on any atom is -0.355 e. The molecule has 5 nitrogen and oxygen atoms in total. The van der Waals surface area contributed by atoms with Gasteiger partial charge in [-0.1, -0.05) is 13.3 Å². The SMILES string of the molecule is CCCCNC(=O)C(C)NCCC(=O)N(CC)CC. The number of hydrogen-bond acceptors (Lipinski definition) is 3. The van der Waals surface area contributed by atoms with Crippen molar-refractivity contribution in [2.75, 3.05) is 26.2 Å². The normalized spacial score (nSPS) is 12.0. The van der Waals surface area contributed by atoms with Crippen molar-refractivity contribution in [2.45, 2.75) is 53.0 Å². The van der Waals surface area contributed by atoms with Crippen molar-refractivity contribution in [1.82, 2.24) is 15.5 Å². The highest BCUT2D eigenvalue weighted by molar-refractivity contribution is 5.81. The Balaban J connectivity index is 3.81. The Labute approximate surface area is 117 Å². The largest absolute Gasteiger partial charge is 0.355 e. The number of unbranched alkanes of at least 4 members (excludes halogenated alkanes) is 1. The van der Waals surface area contributed by atoms with Gasteiger partial charge in [-0.05, 0) is 27.2 Å². The second-order valence-electron chi connectivity index (χ2n) is 4.64. The zero-order valence-corrected chi connectivity index (χ0v) is 12.8. The van der Waals surface area contributed by atoms with E-state index >= 15 is 0 Å². The highest BCUT2D eigenvalue weighted by Crippen LogP contribution is 1.93. The summed E-state index contributed by atoms with van der Waals surface area (Å²) in [5.41, 5.74) is 0. The lowest BCUT2D eigenvalue weighted by atomic mass is 10.2. The average molecular weight is 271 g/mol. The summed E-state index contributed by atoms with van der Waals surface area (Å²) in [6.07, 6.45) is 2.51. The van der Waals surface area contributed by atoms with Gasteiger partial charge in [0.2, 0.25) is 11.8 Å². The topological polar surface area (TPSA) is 61.4 Å². The van der Waals surface area contributed by atoms with Gasteiger partial charge in [0.15, 0.2) is 0 Å².